The Morgan fingerprint density at radius 1 is 1.20 bits per heavy atom. The fourth-order valence-electron chi connectivity index (χ4n) is 5.04. The predicted octanol–water partition coefficient (Wildman–Crippen LogP) is 4.22. The van der Waals surface area contributed by atoms with Crippen molar-refractivity contribution in [2.45, 2.75) is 37.1 Å². The average molecular weight is 427 g/mol. The summed E-state index contributed by atoms with van der Waals surface area (Å²) in [5, 5.41) is 23.3. The van der Waals surface area contributed by atoms with Crippen molar-refractivity contribution in [2.24, 2.45) is 7.05 Å². The number of ether oxygens (including phenoxy) is 1. The van der Waals surface area contributed by atoms with Crippen LogP contribution in [0.3, 0.4) is 0 Å². The Bertz CT molecular complexity index is 1070. The summed E-state index contributed by atoms with van der Waals surface area (Å²) in [6, 6.07) is 13.6. The molecule has 158 valence electrons. The third kappa shape index (κ3) is 3.50. The molecule has 0 saturated carbocycles. The molecule has 5 nitrogen and oxygen atoms in total. The first-order chi connectivity index (χ1) is 14.4. The summed E-state index contributed by atoms with van der Waals surface area (Å²) in [5.74, 6) is 0.738. The standard InChI is InChI=1S/C24H27ClN2O3/c1-26-14-19(17-4-2-3-5-20(17)26)22(29)15-27-10-8-24(9-11-27)13-21(28)18-12-16(25)6-7-23(18)30-24/h2-7,12,14,21-22,28-29H,8-11,13,15H2,1H3/t21-,22+/m1/s1. The molecular weight excluding hydrogens is 400 g/mol. The van der Waals surface area contributed by atoms with Crippen molar-refractivity contribution in [1.82, 2.24) is 9.47 Å². The summed E-state index contributed by atoms with van der Waals surface area (Å²) in [7, 11) is 2.01. The van der Waals surface area contributed by atoms with Crippen LogP contribution in [0.4, 0.5) is 0 Å². The molecule has 2 aliphatic heterocycles. The monoisotopic (exact) mass is 426 g/mol. The van der Waals surface area contributed by atoms with E-state index in [0.29, 0.717) is 18.0 Å². The zero-order valence-corrected chi connectivity index (χ0v) is 17.8. The highest BCUT2D eigenvalue weighted by molar-refractivity contribution is 6.30. The van der Waals surface area contributed by atoms with Crippen LogP contribution in [0, 0.1) is 0 Å². The number of aliphatic hydroxyl groups is 2. The van der Waals surface area contributed by atoms with Gasteiger partial charge in [0.15, 0.2) is 0 Å². The molecule has 3 heterocycles. The highest BCUT2D eigenvalue weighted by Gasteiger charge is 2.43. The first-order valence-electron chi connectivity index (χ1n) is 10.5. The molecule has 1 aromatic heterocycles. The largest absolute Gasteiger partial charge is 0.487 e. The van der Waals surface area contributed by atoms with E-state index in [2.05, 4.69) is 21.6 Å². The maximum Gasteiger partial charge on any atom is 0.126 e. The van der Waals surface area contributed by atoms with Gasteiger partial charge >= 0.3 is 0 Å². The lowest BCUT2D eigenvalue weighted by Crippen LogP contribution is -2.51. The molecule has 1 spiro atoms. The molecule has 1 saturated heterocycles. The molecule has 2 atom stereocenters. The summed E-state index contributed by atoms with van der Waals surface area (Å²) in [4.78, 5) is 2.30. The molecule has 2 aliphatic rings. The van der Waals surface area contributed by atoms with Gasteiger partial charge in [-0.2, -0.15) is 0 Å². The number of hydrogen-bond donors (Lipinski definition) is 2. The van der Waals surface area contributed by atoms with Gasteiger partial charge in [-0.1, -0.05) is 29.8 Å². The summed E-state index contributed by atoms with van der Waals surface area (Å²) in [6.07, 6.45) is 3.18. The number of aromatic nitrogens is 1. The normalized spacial score (nSPS) is 22.1. The van der Waals surface area contributed by atoms with E-state index in [-0.39, 0.29) is 5.60 Å². The van der Waals surface area contributed by atoms with Crippen molar-refractivity contribution < 1.29 is 14.9 Å². The molecule has 6 heteroatoms. The molecule has 30 heavy (non-hydrogen) atoms. The van der Waals surface area contributed by atoms with E-state index in [1.54, 1.807) is 6.07 Å². The van der Waals surface area contributed by atoms with Crippen LogP contribution in [0.1, 0.15) is 42.6 Å². The van der Waals surface area contributed by atoms with Crippen LogP contribution in [0.15, 0.2) is 48.7 Å². The van der Waals surface area contributed by atoms with Crippen molar-refractivity contribution >= 4 is 22.5 Å². The van der Waals surface area contributed by atoms with Gasteiger partial charge < -0.3 is 24.4 Å². The van der Waals surface area contributed by atoms with Crippen molar-refractivity contribution in [2.75, 3.05) is 19.6 Å². The number of benzene rings is 2. The number of nitrogens with zero attached hydrogens (tertiary/aromatic N) is 2. The van der Waals surface area contributed by atoms with Crippen molar-refractivity contribution in [1.29, 1.82) is 0 Å². The minimum absolute atomic E-state index is 0.346. The third-order valence-corrected chi connectivity index (χ3v) is 6.94. The highest BCUT2D eigenvalue weighted by atomic mass is 35.5. The van der Waals surface area contributed by atoms with E-state index in [1.165, 1.54) is 0 Å². The van der Waals surface area contributed by atoms with E-state index in [1.807, 2.05) is 37.5 Å². The molecule has 2 aromatic carbocycles. The van der Waals surface area contributed by atoms with E-state index in [4.69, 9.17) is 16.3 Å². The Hall–Kier alpha value is -2.05. The molecule has 3 aromatic rings. The van der Waals surface area contributed by atoms with E-state index in [9.17, 15) is 10.2 Å². The summed E-state index contributed by atoms with van der Waals surface area (Å²) in [5.41, 5.74) is 2.54. The summed E-state index contributed by atoms with van der Waals surface area (Å²) in [6.45, 7) is 2.26. The molecule has 2 N–H and O–H groups in total. The SMILES string of the molecule is Cn1cc([C@@H](O)CN2CCC3(CC2)C[C@@H](O)c2cc(Cl)ccc2O3)c2ccccc21. The van der Waals surface area contributed by atoms with Gasteiger partial charge in [0.25, 0.3) is 0 Å². The number of aryl methyl sites for hydroxylation is 1. The van der Waals surface area contributed by atoms with Crippen LogP contribution in [0.5, 0.6) is 5.75 Å². The zero-order chi connectivity index (χ0) is 20.9. The fourth-order valence-corrected chi connectivity index (χ4v) is 5.22. The number of fused-ring (bicyclic) bond motifs is 2. The van der Waals surface area contributed by atoms with Gasteiger partial charge in [0.05, 0.1) is 12.2 Å². The molecule has 0 bridgehead atoms. The van der Waals surface area contributed by atoms with E-state index in [0.717, 1.165) is 53.7 Å². The third-order valence-electron chi connectivity index (χ3n) is 6.71. The van der Waals surface area contributed by atoms with Gasteiger partial charge in [-0.3, -0.25) is 0 Å². The number of halogens is 1. The Morgan fingerprint density at radius 3 is 2.77 bits per heavy atom. The van der Waals surface area contributed by atoms with Crippen LogP contribution in [0.2, 0.25) is 5.02 Å². The highest BCUT2D eigenvalue weighted by Crippen LogP contribution is 2.45. The maximum atomic E-state index is 10.9. The predicted molar refractivity (Wildman–Crippen MR) is 118 cm³/mol. The van der Waals surface area contributed by atoms with E-state index < -0.39 is 12.2 Å². The lowest BCUT2D eigenvalue weighted by Gasteiger charge is -2.46. The summed E-state index contributed by atoms with van der Waals surface area (Å²) >= 11 is 6.08. The number of aliphatic hydroxyl groups excluding tert-OH is 2. The van der Waals surface area contributed by atoms with Gasteiger partial charge in [0, 0.05) is 66.4 Å². The molecule has 0 aliphatic carbocycles. The minimum Gasteiger partial charge on any atom is -0.487 e. The molecule has 0 radical (unpaired) electrons. The lowest BCUT2D eigenvalue weighted by molar-refractivity contribution is -0.0587. The number of rotatable bonds is 3. The Kier molecular flexibility index (Phi) is 5.02. The number of β-amino-alcohol motifs (C(OH)–C–C–N with tert-alkyl or cyclic N) is 1. The van der Waals surface area contributed by atoms with Crippen LogP contribution in [-0.2, 0) is 7.05 Å². The quantitative estimate of drug-likeness (QED) is 0.658. The Balaban J connectivity index is 1.27. The molecule has 0 unspecified atom stereocenters. The topological polar surface area (TPSA) is 57.9 Å². The van der Waals surface area contributed by atoms with Gasteiger partial charge in [0.2, 0.25) is 0 Å². The number of para-hydroxylation sites is 1. The van der Waals surface area contributed by atoms with E-state index >= 15 is 0 Å². The molecule has 0 amide bonds. The fraction of sp³-hybridized carbons (Fsp3) is 0.417. The first-order valence-corrected chi connectivity index (χ1v) is 10.9. The summed E-state index contributed by atoms with van der Waals surface area (Å²) < 4.78 is 8.44. The number of hydrogen-bond acceptors (Lipinski definition) is 4. The lowest BCUT2D eigenvalue weighted by atomic mass is 9.81. The Labute approximate surface area is 181 Å². The molecule has 5 rings (SSSR count). The second-order valence-corrected chi connectivity index (χ2v) is 9.15. The van der Waals surface area contributed by atoms with Gasteiger partial charge in [-0.15, -0.1) is 0 Å². The smallest absolute Gasteiger partial charge is 0.126 e. The van der Waals surface area contributed by atoms with Crippen LogP contribution >= 0.6 is 11.6 Å². The van der Waals surface area contributed by atoms with Crippen LogP contribution < -0.4 is 4.74 Å². The minimum atomic E-state index is -0.555. The van der Waals surface area contributed by atoms with Crippen molar-refractivity contribution in [3.8, 4) is 5.75 Å². The van der Waals surface area contributed by atoms with Gasteiger partial charge in [-0.25, -0.2) is 0 Å². The van der Waals surface area contributed by atoms with Crippen LogP contribution in [-0.4, -0.2) is 44.9 Å². The van der Waals surface area contributed by atoms with Gasteiger partial charge in [0.1, 0.15) is 11.4 Å². The number of piperidine rings is 1. The molecular formula is C24H27ClN2O3. The van der Waals surface area contributed by atoms with Crippen LogP contribution in [0.25, 0.3) is 10.9 Å². The second-order valence-electron chi connectivity index (χ2n) is 8.72. The van der Waals surface area contributed by atoms with Crippen molar-refractivity contribution in [3.63, 3.8) is 0 Å². The van der Waals surface area contributed by atoms with Gasteiger partial charge in [-0.05, 0) is 37.1 Å². The maximum absolute atomic E-state index is 10.9. The molecule has 1 fully saturated rings. The second kappa shape index (κ2) is 7.57. The number of likely N-dealkylation sites (tertiary alicyclic amines) is 1. The van der Waals surface area contributed by atoms with Crippen molar-refractivity contribution in [3.05, 3.63) is 64.8 Å². The average Bonchev–Trinajstić information content (AvgIpc) is 3.08. The Morgan fingerprint density at radius 2 is 1.97 bits per heavy atom. The first kappa shape index (κ1) is 19.9. The zero-order valence-electron chi connectivity index (χ0n) is 17.1.